The summed E-state index contributed by atoms with van der Waals surface area (Å²) in [4.78, 5) is 24.8. The molecule has 1 aliphatic heterocycles. The van der Waals surface area contributed by atoms with Crippen molar-refractivity contribution in [3.05, 3.63) is 84.6 Å². The predicted octanol–water partition coefficient (Wildman–Crippen LogP) is 4.46. The fourth-order valence-electron chi connectivity index (χ4n) is 5.57. The lowest BCUT2D eigenvalue weighted by Gasteiger charge is -2.32. The van der Waals surface area contributed by atoms with Crippen molar-refractivity contribution in [1.29, 1.82) is 5.26 Å². The van der Waals surface area contributed by atoms with E-state index in [1.165, 1.54) is 6.20 Å². The molecule has 0 unspecified atom stereocenters. The van der Waals surface area contributed by atoms with Crippen LogP contribution in [-0.2, 0) is 6.54 Å². The summed E-state index contributed by atoms with van der Waals surface area (Å²) in [6.07, 6.45) is 6.35. The Labute approximate surface area is 261 Å². The number of hydrogen-bond donors (Lipinski definition) is 2. The number of halogens is 2. The van der Waals surface area contributed by atoms with Gasteiger partial charge in [-0.1, -0.05) is 12.1 Å². The number of rotatable bonds is 8. The summed E-state index contributed by atoms with van der Waals surface area (Å²) in [5.74, 6) is 1.69. The SMILES string of the molecule is N#Cc1nccc(NC2CCN(Cc3ccc(-n4c(-c5cccnc5N)nc5ccc(-c6cnn(C(F)F)n6)nc54)cc3)CC2)n1. The molecule has 5 aromatic heterocycles. The van der Waals surface area contributed by atoms with Crippen molar-refractivity contribution in [3.8, 4) is 34.5 Å². The monoisotopic (exact) mass is 619 g/mol. The summed E-state index contributed by atoms with van der Waals surface area (Å²) in [5.41, 5.74) is 10.5. The van der Waals surface area contributed by atoms with Gasteiger partial charge in [0.1, 0.15) is 28.9 Å². The average Bonchev–Trinajstić information content (AvgIpc) is 3.72. The number of nitrogens with two attached hydrogens (primary N) is 1. The van der Waals surface area contributed by atoms with Crippen LogP contribution in [0.3, 0.4) is 0 Å². The summed E-state index contributed by atoms with van der Waals surface area (Å²) in [7, 11) is 0. The van der Waals surface area contributed by atoms with Gasteiger partial charge in [-0.2, -0.15) is 19.1 Å². The van der Waals surface area contributed by atoms with Gasteiger partial charge in [0.15, 0.2) is 11.5 Å². The number of anilines is 2. The van der Waals surface area contributed by atoms with Gasteiger partial charge >= 0.3 is 6.55 Å². The largest absolute Gasteiger partial charge is 0.383 e. The maximum absolute atomic E-state index is 13.1. The molecule has 0 saturated carbocycles. The van der Waals surface area contributed by atoms with Crippen LogP contribution in [0, 0.1) is 11.3 Å². The molecular weight excluding hydrogens is 592 g/mol. The van der Waals surface area contributed by atoms with Crippen molar-refractivity contribution in [2.75, 3.05) is 24.1 Å². The molecule has 1 aliphatic rings. The Balaban J connectivity index is 1.13. The molecule has 6 heterocycles. The zero-order valence-corrected chi connectivity index (χ0v) is 24.4. The molecule has 0 radical (unpaired) electrons. The van der Waals surface area contributed by atoms with Crippen LogP contribution in [-0.4, -0.2) is 68.5 Å². The molecule has 15 heteroatoms. The van der Waals surface area contributed by atoms with Gasteiger partial charge < -0.3 is 11.1 Å². The molecule has 3 N–H and O–H groups in total. The molecule has 230 valence electrons. The number of alkyl halides is 2. The highest BCUT2D eigenvalue weighted by Crippen LogP contribution is 2.32. The number of nitrogen functional groups attached to an aromatic ring is 1. The standard InChI is InChI=1S/C31H27F2N13/c32-31(33)46-38-17-25(43-46)23-7-8-24-30(40-23)45(29(41-24)22-2-1-12-37-28(22)35)21-5-3-19(4-6-21)18-44-14-10-20(11-15-44)39-26-9-13-36-27(16-34)42-26/h1-9,12-13,17,20,31H,10-11,14-15,18H2,(H2,35,37)(H,36,39,42). The number of nitrogens with zero attached hydrogens (tertiary/aromatic N) is 11. The minimum absolute atomic E-state index is 0.153. The number of benzene rings is 1. The van der Waals surface area contributed by atoms with E-state index in [1.807, 2.05) is 28.8 Å². The predicted molar refractivity (Wildman–Crippen MR) is 165 cm³/mol. The second kappa shape index (κ2) is 12.3. The number of piperidine rings is 1. The first-order valence-corrected chi connectivity index (χ1v) is 14.6. The zero-order valence-electron chi connectivity index (χ0n) is 24.4. The number of nitrogens with one attached hydrogen (secondary N) is 1. The molecule has 6 aromatic rings. The smallest absolute Gasteiger partial charge is 0.348 e. The van der Waals surface area contributed by atoms with Crippen LogP contribution in [0.1, 0.15) is 30.8 Å². The lowest BCUT2D eigenvalue weighted by molar-refractivity contribution is 0.0415. The second-order valence-corrected chi connectivity index (χ2v) is 10.8. The number of likely N-dealkylation sites (tertiary alicyclic amines) is 1. The van der Waals surface area contributed by atoms with E-state index in [0.717, 1.165) is 43.7 Å². The van der Waals surface area contributed by atoms with Gasteiger partial charge in [0.05, 0.1) is 17.5 Å². The van der Waals surface area contributed by atoms with Crippen LogP contribution in [0.25, 0.3) is 39.6 Å². The fraction of sp³-hybridized carbons (Fsp3) is 0.226. The zero-order chi connectivity index (χ0) is 31.6. The average molecular weight is 620 g/mol. The highest BCUT2D eigenvalue weighted by Gasteiger charge is 2.22. The van der Waals surface area contributed by atoms with Crippen molar-refractivity contribution in [3.63, 3.8) is 0 Å². The minimum atomic E-state index is -2.85. The molecule has 0 bridgehead atoms. The molecule has 1 fully saturated rings. The number of pyridine rings is 2. The van der Waals surface area contributed by atoms with Gasteiger partial charge in [-0.3, -0.25) is 9.47 Å². The van der Waals surface area contributed by atoms with E-state index in [2.05, 4.69) is 47.5 Å². The Hall–Kier alpha value is -5.88. The van der Waals surface area contributed by atoms with Crippen LogP contribution in [0.5, 0.6) is 0 Å². The van der Waals surface area contributed by atoms with Crippen molar-refractivity contribution >= 4 is 22.8 Å². The van der Waals surface area contributed by atoms with Gasteiger partial charge in [-0.05, 0) is 60.9 Å². The quantitative estimate of drug-likeness (QED) is 0.247. The number of imidazole rings is 1. The second-order valence-electron chi connectivity index (χ2n) is 10.8. The summed E-state index contributed by atoms with van der Waals surface area (Å²) >= 11 is 0. The molecule has 0 atom stereocenters. The van der Waals surface area contributed by atoms with Crippen LogP contribution in [0.15, 0.2) is 73.2 Å². The van der Waals surface area contributed by atoms with Crippen LogP contribution in [0.2, 0.25) is 0 Å². The molecule has 46 heavy (non-hydrogen) atoms. The lowest BCUT2D eigenvalue weighted by atomic mass is 10.0. The van der Waals surface area contributed by atoms with Crippen molar-refractivity contribution in [2.45, 2.75) is 32.0 Å². The van der Waals surface area contributed by atoms with Crippen molar-refractivity contribution < 1.29 is 8.78 Å². The molecule has 7 rings (SSSR count). The fourth-order valence-corrected chi connectivity index (χ4v) is 5.57. The summed E-state index contributed by atoms with van der Waals surface area (Å²) in [5, 5.41) is 20.0. The molecule has 1 saturated heterocycles. The van der Waals surface area contributed by atoms with E-state index >= 15 is 0 Å². The van der Waals surface area contributed by atoms with Crippen LogP contribution < -0.4 is 11.1 Å². The van der Waals surface area contributed by atoms with Crippen molar-refractivity contribution in [2.24, 2.45) is 0 Å². The maximum Gasteiger partial charge on any atom is 0.348 e. The highest BCUT2D eigenvalue weighted by molar-refractivity contribution is 5.84. The topological polar surface area (TPSA) is 165 Å². The summed E-state index contributed by atoms with van der Waals surface area (Å²) in [6, 6.07) is 19.2. The van der Waals surface area contributed by atoms with E-state index < -0.39 is 6.55 Å². The molecule has 0 aliphatic carbocycles. The Morgan fingerprint density at radius 1 is 0.957 bits per heavy atom. The third-order valence-electron chi connectivity index (χ3n) is 7.83. The van der Waals surface area contributed by atoms with Crippen LogP contribution >= 0.6 is 0 Å². The Morgan fingerprint density at radius 3 is 2.52 bits per heavy atom. The molecule has 0 amide bonds. The van der Waals surface area contributed by atoms with E-state index in [1.54, 1.807) is 36.7 Å². The van der Waals surface area contributed by atoms with Crippen molar-refractivity contribution in [1.82, 2.24) is 49.4 Å². The van der Waals surface area contributed by atoms with E-state index in [0.29, 0.717) is 44.7 Å². The van der Waals surface area contributed by atoms with Gasteiger partial charge in [0.25, 0.3) is 0 Å². The van der Waals surface area contributed by atoms with Crippen LogP contribution in [0.4, 0.5) is 20.4 Å². The van der Waals surface area contributed by atoms with Gasteiger partial charge in [-0.15, -0.1) is 9.90 Å². The minimum Gasteiger partial charge on any atom is -0.383 e. The molecule has 13 nitrogen and oxygen atoms in total. The molecule has 0 spiro atoms. The first-order valence-electron chi connectivity index (χ1n) is 14.6. The van der Waals surface area contributed by atoms with E-state index in [4.69, 9.17) is 21.0 Å². The first kappa shape index (κ1) is 28.9. The molecular formula is C31H27F2N13. The van der Waals surface area contributed by atoms with E-state index in [-0.39, 0.29) is 17.6 Å². The number of fused-ring (bicyclic) bond motifs is 1. The third kappa shape index (κ3) is 5.81. The Morgan fingerprint density at radius 2 is 1.78 bits per heavy atom. The Kier molecular flexibility index (Phi) is 7.69. The van der Waals surface area contributed by atoms with E-state index in [9.17, 15) is 8.78 Å². The van der Waals surface area contributed by atoms with Gasteiger partial charge in [-0.25, -0.2) is 24.9 Å². The lowest BCUT2D eigenvalue weighted by Crippen LogP contribution is -2.38. The van der Waals surface area contributed by atoms with Gasteiger partial charge in [0.2, 0.25) is 5.82 Å². The highest BCUT2D eigenvalue weighted by atomic mass is 19.3. The third-order valence-corrected chi connectivity index (χ3v) is 7.83. The number of nitriles is 1. The first-order chi connectivity index (χ1) is 22.4. The van der Waals surface area contributed by atoms with Gasteiger partial charge in [0, 0.05) is 43.8 Å². The number of hydrogen-bond acceptors (Lipinski definition) is 11. The number of aromatic nitrogens is 9. The summed E-state index contributed by atoms with van der Waals surface area (Å²) in [6.45, 7) is -0.244. The Bertz CT molecular complexity index is 2040. The maximum atomic E-state index is 13.1. The normalized spacial score (nSPS) is 14.1. The summed E-state index contributed by atoms with van der Waals surface area (Å²) < 4.78 is 28.1. The molecule has 1 aromatic carbocycles.